The Balaban J connectivity index is 1.27. The molecule has 0 bridgehead atoms. The van der Waals surface area contributed by atoms with Crippen molar-refractivity contribution < 1.29 is 4.42 Å². The molecular weight excluding hydrogens is 631 g/mol. The molecule has 0 aliphatic heterocycles. The van der Waals surface area contributed by atoms with Crippen molar-refractivity contribution in [2.75, 3.05) is 4.90 Å². The minimum absolute atomic E-state index is 0.858. The molecule has 244 valence electrons. The Hall–Kier alpha value is -6.90. The van der Waals surface area contributed by atoms with Crippen LogP contribution in [-0.4, -0.2) is 0 Å². The van der Waals surface area contributed by atoms with Gasteiger partial charge in [-0.1, -0.05) is 158 Å². The van der Waals surface area contributed by atoms with Gasteiger partial charge in [0.15, 0.2) is 0 Å². The van der Waals surface area contributed by atoms with E-state index in [0.717, 1.165) is 44.4 Å². The van der Waals surface area contributed by atoms with E-state index in [2.05, 4.69) is 205 Å². The van der Waals surface area contributed by atoms with Gasteiger partial charge in [0.05, 0.1) is 11.1 Å². The minimum Gasteiger partial charge on any atom is -0.455 e. The summed E-state index contributed by atoms with van der Waals surface area (Å²) in [7, 11) is 0. The van der Waals surface area contributed by atoms with E-state index in [1.165, 1.54) is 49.5 Å². The first-order valence-electron chi connectivity index (χ1n) is 17.8. The molecule has 52 heavy (non-hydrogen) atoms. The second kappa shape index (κ2) is 12.5. The smallest absolute Gasteiger partial charge is 0.143 e. The number of hydrogen-bond acceptors (Lipinski definition) is 2. The Morgan fingerprint density at radius 1 is 0.346 bits per heavy atom. The molecule has 0 atom stereocenters. The lowest BCUT2D eigenvalue weighted by Gasteiger charge is -2.27. The molecule has 0 saturated carbocycles. The third-order valence-electron chi connectivity index (χ3n) is 10.2. The van der Waals surface area contributed by atoms with Crippen molar-refractivity contribution in [3.63, 3.8) is 0 Å². The lowest BCUT2D eigenvalue weighted by atomic mass is 9.90. The number of benzene rings is 9. The predicted molar refractivity (Wildman–Crippen MR) is 220 cm³/mol. The monoisotopic (exact) mass is 663 g/mol. The van der Waals surface area contributed by atoms with E-state index < -0.39 is 0 Å². The fourth-order valence-corrected chi connectivity index (χ4v) is 7.82. The summed E-state index contributed by atoms with van der Waals surface area (Å²) in [6.07, 6.45) is 0. The van der Waals surface area contributed by atoms with E-state index in [1.54, 1.807) is 0 Å². The lowest BCUT2D eigenvalue weighted by molar-refractivity contribution is 0.672. The Labute approximate surface area is 302 Å². The van der Waals surface area contributed by atoms with Gasteiger partial charge in [0.25, 0.3) is 0 Å². The average molecular weight is 664 g/mol. The first-order valence-corrected chi connectivity index (χ1v) is 17.8. The molecule has 9 aromatic carbocycles. The molecule has 10 rings (SSSR count). The number of furan rings is 1. The summed E-state index contributed by atoms with van der Waals surface area (Å²) in [5.41, 5.74) is 12.1. The third kappa shape index (κ3) is 5.04. The van der Waals surface area contributed by atoms with Crippen molar-refractivity contribution in [2.45, 2.75) is 0 Å². The van der Waals surface area contributed by atoms with Crippen LogP contribution in [0, 0.1) is 0 Å². The van der Waals surface area contributed by atoms with Crippen LogP contribution in [0.3, 0.4) is 0 Å². The standard InChI is InChI=1S/C50H33NO/c1-3-15-34(16-4-1)38-21-13-22-39(31-38)51(40-30-29-35-17-7-8-20-37(35)32-40)47-27-14-28-48-49(47)46-33-45(43-25-11-12-26-44(43)50(46)52-48)42-24-10-9-23-41(42)36-18-5-2-6-19-36/h1-33H. The van der Waals surface area contributed by atoms with Gasteiger partial charge in [0.2, 0.25) is 0 Å². The van der Waals surface area contributed by atoms with Gasteiger partial charge in [0, 0.05) is 22.1 Å². The van der Waals surface area contributed by atoms with E-state index in [1.807, 2.05) is 0 Å². The molecule has 0 saturated heterocycles. The summed E-state index contributed by atoms with van der Waals surface area (Å²) in [6.45, 7) is 0. The number of anilines is 3. The molecule has 0 fully saturated rings. The molecule has 0 amide bonds. The minimum atomic E-state index is 0.858. The van der Waals surface area contributed by atoms with Crippen LogP contribution in [0.2, 0.25) is 0 Å². The van der Waals surface area contributed by atoms with E-state index >= 15 is 0 Å². The number of nitrogens with zero attached hydrogens (tertiary/aromatic N) is 1. The van der Waals surface area contributed by atoms with Crippen LogP contribution in [-0.2, 0) is 0 Å². The van der Waals surface area contributed by atoms with Crippen LogP contribution in [0.1, 0.15) is 0 Å². The van der Waals surface area contributed by atoms with E-state index in [0.29, 0.717) is 0 Å². The number of hydrogen-bond donors (Lipinski definition) is 0. The van der Waals surface area contributed by atoms with Crippen LogP contribution in [0.25, 0.3) is 76.9 Å². The van der Waals surface area contributed by atoms with Crippen LogP contribution in [0.5, 0.6) is 0 Å². The lowest BCUT2D eigenvalue weighted by Crippen LogP contribution is -2.10. The SMILES string of the molecule is c1ccc(-c2cccc(N(c3ccc4ccccc4c3)c3cccc4oc5c6ccccc6c(-c6ccccc6-c6ccccc6)cc5c34)c2)cc1. The summed E-state index contributed by atoms with van der Waals surface area (Å²) in [5, 5.41) is 6.85. The van der Waals surface area contributed by atoms with Gasteiger partial charge < -0.3 is 9.32 Å². The maximum absolute atomic E-state index is 6.87. The first-order chi connectivity index (χ1) is 25.8. The van der Waals surface area contributed by atoms with Crippen LogP contribution in [0.15, 0.2) is 205 Å². The molecule has 0 unspecified atom stereocenters. The van der Waals surface area contributed by atoms with Gasteiger partial charge in [-0.3, -0.25) is 0 Å². The molecule has 2 heteroatoms. The summed E-state index contributed by atoms with van der Waals surface area (Å²) in [4.78, 5) is 2.39. The summed E-state index contributed by atoms with van der Waals surface area (Å²) >= 11 is 0. The first kappa shape index (κ1) is 30.0. The molecule has 1 aromatic heterocycles. The zero-order chi connectivity index (χ0) is 34.4. The number of rotatable bonds is 6. The van der Waals surface area contributed by atoms with Gasteiger partial charge in [-0.2, -0.15) is 0 Å². The fraction of sp³-hybridized carbons (Fsp3) is 0. The zero-order valence-corrected chi connectivity index (χ0v) is 28.4. The highest BCUT2D eigenvalue weighted by atomic mass is 16.3. The van der Waals surface area contributed by atoms with Crippen LogP contribution in [0.4, 0.5) is 17.1 Å². The third-order valence-corrected chi connectivity index (χ3v) is 10.2. The molecule has 1 heterocycles. The zero-order valence-electron chi connectivity index (χ0n) is 28.4. The number of fused-ring (bicyclic) bond motifs is 6. The molecule has 10 aromatic rings. The average Bonchev–Trinajstić information content (AvgIpc) is 3.61. The molecule has 0 aliphatic carbocycles. The largest absolute Gasteiger partial charge is 0.455 e. The predicted octanol–water partition coefficient (Wildman–Crippen LogP) is 14.4. The van der Waals surface area contributed by atoms with Crippen molar-refractivity contribution >= 4 is 60.5 Å². The normalized spacial score (nSPS) is 11.5. The molecule has 0 aliphatic rings. The van der Waals surface area contributed by atoms with E-state index in [-0.39, 0.29) is 0 Å². The molecule has 2 nitrogen and oxygen atoms in total. The summed E-state index contributed by atoms with van der Waals surface area (Å²) in [6, 6.07) is 71.6. The quantitative estimate of drug-likeness (QED) is 0.176. The van der Waals surface area contributed by atoms with E-state index in [9.17, 15) is 0 Å². The van der Waals surface area contributed by atoms with Crippen molar-refractivity contribution in [3.8, 4) is 33.4 Å². The highest BCUT2D eigenvalue weighted by molar-refractivity contribution is 6.23. The highest BCUT2D eigenvalue weighted by Crippen LogP contribution is 2.47. The summed E-state index contributed by atoms with van der Waals surface area (Å²) in [5.74, 6) is 0. The second-order valence-corrected chi connectivity index (χ2v) is 13.3. The van der Waals surface area contributed by atoms with Gasteiger partial charge >= 0.3 is 0 Å². The Morgan fingerprint density at radius 2 is 0.981 bits per heavy atom. The Kier molecular flexibility index (Phi) is 7.18. The van der Waals surface area contributed by atoms with Crippen molar-refractivity contribution in [1.82, 2.24) is 0 Å². The Morgan fingerprint density at radius 3 is 1.81 bits per heavy atom. The van der Waals surface area contributed by atoms with Crippen molar-refractivity contribution in [3.05, 3.63) is 200 Å². The molecule has 0 radical (unpaired) electrons. The topological polar surface area (TPSA) is 16.4 Å². The van der Waals surface area contributed by atoms with Crippen molar-refractivity contribution in [2.24, 2.45) is 0 Å². The van der Waals surface area contributed by atoms with Gasteiger partial charge in [-0.15, -0.1) is 0 Å². The summed E-state index contributed by atoms with van der Waals surface area (Å²) < 4.78 is 6.87. The molecular formula is C50H33NO. The van der Waals surface area contributed by atoms with Crippen LogP contribution >= 0.6 is 0 Å². The maximum atomic E-state index is 6.87. The molecule has 0 spiro atoms. The fourth-order valence-electron chi connectivity index (χ4n) is 7.82. The van der Waals surface area contributed by atoms with Crippen LogP contribution < -0.4 is 4.90 Å². The highest BCUT2D eigenvalue weighted by Gasteiger charge is 2.23. The molecule has 0 N–H and O–H groups in total. The Bertz CT molecular complexity index is 2910. The van der Waals surface area contributed by atoms with Crippen molar-refractivity contribution in [1.29, 1.82) is 0 Å². The van der Waals surface area contributed by atoms with E-state index in [4.69, 9.17) is 4.42 Å². The van der Waals surface area contributed by atoms with Gasteiger partial charge in [-0.25, -0.2) is 0 Å². The van der Waals surface area contributed by atoms with Gasteiger partial charge in [0.1, 0.15) is 11.2 Å². The van der Waals surface area contributed by atoms with Gasteiger partial charge in [-0.05, 0) is 92.0 Å². The maximum Gasteiger partial charge on any atom is 0.143 e. The second-order valence-electron chi connectivity index (χ2n) is 13.3.